The molecule has 152 valence electrons. The fourth-order valence-electron chi connectivity index (χ4n) is 3.96. The molecule has 2 aromatic rings. The Morgan fingerprint density at radius 1 is 1.43 bits per heavy atom. The summed E-state index contributed by atoms with van der Waals surface area (Å²) >= 11 is 1.64. The molecule has 0 radical (unpaired) electrons. The third-order valence-corrected chi connectivity index (χ3v) is 6.04. The number of aryl methyl sites for hydroxylation is 1. The van der Waals surface area contributed by atoms with Gasteiger partial charge in [0.15, 0.2) is 0 Å². The molecule has 8 nitrogen and oxygen atoms in total. The molecule has 2 atom stereocenters. The van der Waals surface area contributed by atoms with Crippen molar-refractivity contribution >= 4 is 33.4 Å². The number of amides is 2. The van der Waals surface area contributed by atoms with Crippen LogP contribution in [0.15, 0.2) is 11.4 Å². The van der Waals surface area contributed by atoms with Crippen LogP contribution in [0.1, 0.15) is 25.6 Å². The van der Waals surface area contributed by atoms with E-state index in [4.69, 9.17) is 14.5 Å². The number of thiophene rings is 1. The zero-order valence-corrected chi connectivity index (χ0v) is 17.2. The molecule has 4 heterocycles. The number of carbonyl (C=O) groups excluding carboxylic acids is 1. The molecule has 2 fully saturated rings. The lowest BCUT2D eigenvalue weighted by Crippen LogP contribution is -2.46. The van der Waals surface area contributed by atoms with Crippen LogP contribution in [0.25, 0.3) is 10.2 Å². The molecule has 4 rings (SSSR count). The number of carbonyl (C=O) groups is 1. The molecule has 2 amide bonds. The number of ether oxygens (including phenoxy) is 2. The summed E-state index contributed by atoms with van der Waals surface area (Å²) in [6, 6.07) is 1.93. The first-order chi connectivity index (χ1) is 13.6. The Labute approximate surface area is 168 Å². The summed E-state index contributed by atoms with van der Waals surface area (Å²) in [4.78, 5) is 24.2. The largest absolute Gasteiger partial charge is 0.377 e. The maximum Gasteiger partial charge on any atom is 0.314 e. The van der Waals surface area contributed by atoms with Crippen LogP contribution in [-0.2, 0) is 9.47 Å². The fraction of sp³-hybridized carbons (Fsp3) is 0.632. The Bertz CT molecular complexity index is 844. The van der Waals surface area contributed by atoms with E-state index < -0.39 is 0 Å². The van der Waals surface area contributed by atoms with Gasteiger partial charge in [0.1, 0.15) is 22.1 Å². The summed E-state index contributed by atoms with van der Waals surface area (Å²) < 4.78 is 12.3. The Balaban J connectivity index is 1.49. The number of nitrogens with zero attached hydrogens (tertiary/aromatic N) is 3. The minimum absolute atomic E-state index is 0.000502. The minimum Gasteiger partial charge on any atom is -0.377 e. The van der Waals surface area contributed by atoms with Gasteiger partial charge in [-0.25, -0.2) is 14.8 Å². The van der Waals surface area contributed by atoms with Crippen molar-refractivity contribution in [1.29, 1.82) is 0 Å². The first kappa shape index (κ1) is 19.4. The van der Waals surface area contributed by atoms with Crippen LogP contribution >= 0.6 is 11.3 Å². The number of fused-ring (bicyclic) bond motifs is 1. The van der Waals surface area contributed by atoms with Crippen LogP contribution in [0, 0.1) is 6.92 Å². The van der Waals surface area contributed by atoms with Crippen LogP contribution in [0.4, 0.5) is 10.6 Å². The van der Waals surface area contributed by atoms with Crippen molar-refractivity contribution in [2.45, 2.75) is 38.4 Å². The SMILES string of the molecule is CCNC(=O)NC[C@H]1CC[C@]2(COCCN(c3nc(C)nc4sccc34)C2)O1. The van der Waals surface area contributed by atoms with Crippen molar-refractivity contribution in [3.63, 3.8) is 0 Å². The molecular weight excluding hydrogens is 378 g/mol. The predicted molar refractivity (Wildman–Crippen MR) is 109 cm³/mol. The van der Waals surface area contributed by atoms with Crippen LogP contribution in [0.5, 0.6) is 0 Å². The molecule has 2 saturated heterocycles. The van der Waals surface area contributed by atoms with Gasteiger partial charge in [0, 0.05) is 19.6 Å². The van der Waals surface area contributed by atoms with Crippen LogP contribution in [0.3, 0.4) is 0 Å². The van der Waals surface area contributed by atoms with Crippen molar-refractivity contribution in [3.8, 4) is 0 Å². The summed E-state index contributed by atoms with van der Waals surface area (Å²) in [6.45, 7) is 7.66. The van der Waals surface area contributed by atoms with Gasteiger partial charge in [-0.05, 0) is 38.1 Å². The number of anilines is 1. The van der Waals surface area contributed by atoms with Gasteiger partial charge in [-0.1, -0.05) is 0 Å². The molecule has 2 aliphatic rings. The van der Waals surface area contributed by atoms with Crippen LogP contribution < -0.4 is 15.5 Å². The van der Waals surface area contributed by atoms with Gasteiger partial charge in [0.25, 0.3) is 0 Å². The molecular formula is C19H27N5O3S. The van der Waals surface area contributed by atoms with Gasteiger partial charge in [-0.2, -0.15) is 0 Å². The van der Waals surface area contributed by atoms with Crippen LogP contribution in [-0.4, -0.2) is 67.1 Å². The predicted octanol–water partition coefficient (Wildman–Crippen LogP) is 2.07. The Kier molecular flexibility index (Phi) is 5.65. The van der Waals surface area contributed by atoms with E-state index in [1.54, 1.807) is 11.3 Å². The molecule has 0 bridgehead atoms. The molecule has 1 spiro atoms. The molecule has 0 aromatic carbocycles. The number of hydrogen-bond acceptors (Lipinski definition) is 7. The second kappa shape index (κ2) is 8.18. The summed E-state index contributed by atoms with van der Waals surface area (Å²) in [5, 5.41) is 8.77. The number of nitrogens with one attached hydrogen (secondary N) is 2. The molecule has 2 aromatic heterocycles. The van der Waals surface area contributed by atoms with Crippen molar-refractivity contribution in [2.75, 3.05) is 44.3 Å². The van der Waals surface area contributed by atoms with Gasteiger partial charge in [0.05, 0.1) is 31.2 Å². The molecule has 0 aliphatic carbocycles. The van der Waals surface area contributed by atoms with Gasteiger partial charge in [-0.15, -0.1) is 11.3 Å². The van der Waals surface area contributed by atoms with Crippen molar-refractivity contribution in [3.05, 3.63) is 17.3 Å². The highest BCUT2D eigenvalue weighted by atomic mass is 32.1. The molecule has 9 heteroatoms. The monoisotopic (exact) mass is 405 g/mol. The Hall–Kier alpha value is -1.97. The first-order valence-electron chi connectivity index (χ1n) is 9.82. The maximum absolute atomic E-state index is 11.7. The van der Waals surface area contributed by atoms with E-state index in [9.17, 15) is 4.79 Å². The number of rotatable bonds is 4. The van der Waals surface area contributed by atoms with Gasteiger partial charge in [-0.3, -0.25) is 0 Å². The highest BCUT2D eigenvalue weighted by molar-refractivity contribution is 7.16. The average molecular weight is 406 g/mol. The van der Waals surface area contributed by atoms with Gasteiger partial charge >= 0.3 is 6.03 Å². The summed E-state index contributed by atoms with van der Waals surface area (Å²) in [7, 11) is 0. The molecule has 0 saturated carbocycles. The Morgan fingerprint density at radius 2 is 2.32 bits per heavy atom. The molecule has 2 aliphatic heterocycles. The number of hydrogen-bond donors (Lipinski definition) is 2. The maximum atomic E-state index is 11.7. The smallest absolute Gasteiger partial charge is 0.314 e. The zero-order chi connectivity index (χ0) is 19.6. The van der Waals surface area contributed by atoms with E-state index in [-0.39, 0.29) is 17.7 Å². The van der Waals surface area contributed by atoms with E-state index in [1.807, 2.05) is 13.8 Å². The fourth-order valence-corrected chi connectivity index (χ4v) is 4.77. The highest BCUT2D eigenvalue weighted by Gasteiger charge is 2.43. The third-order valence-electron chi connectivity index (χ3n) is 5.23. The normalized spacial score (nSPS) is 25.2. The summed E-state index contributed by atoms with van der Waals surface area (Å²) in [5.41, 5.74) is -0.370. The molecule has 28 heavy (non-hydrogen) atoms. The number of urea groups is 1. The van der Waals surface area contributed by atoms with Crippen molar-refractivity contribution in [1.82, 2.24) is 20.6 Å². The highest BCUT2D eigenvalue weighted by Crippen LogP contribution is 2.36. The third kappa shape index (κ3) is 4.06. The Morgan fingerprint density at radius 3 is 3.18 bits per heavy atom. The quantitative estimate of drug-likeness (QED) is 0.810. The molecule has 2 N–H and O–H groups in total. The summed E-state index contributed by atoms with van der Waals surface area (Å²) in [6.07, 6.45) is 1.81. The van der Waals surface area contributed by atoms with Crippen molar-refractivity contribution in [2.24, 2.45) is 0 Å². The van der Waals surface area contributed by atoms with E-state index in [2.05, 4.69) is 32.0 Å². The van der Waals surface area contributed by atoms with E-state index >= 15 is 0 Å². The topological polar surface area (TPSA) is 88.6 Å². The standard InChI is InChI=1S/C19H27N5O3S/c1-3-20-18(25)21-10-14-4-6-19(27-14)11-24(7-8-26-12-19)16-15-5-9-28-17(15)23-13(2)22-16/h5,9,14H,3-4,6-8,10-12H2,1-2H3,(H2,20,21,25)/t14-,19+/m1/s1. The second-order valence-electron chi connectivity index (χ2n) is 7.41. The first-order valence-corrected chi connectivity index (χ1v) is 10.7. The second-order valence-corrected chi connectivity index (χ2v) is 8.30. The minimum atomic E-state index is -0.370. The lowest BCUT2D eigenvalue weighted by atomic mass is 10.00. The van der Waals surface area contributed by atoms with E-state index in [1.165, 1.54) is 0 Å². The number of aromatic nitrogens is 2. The van der Waals surface area contributed by atoms with Gasteiger partial charge in [0.2, 0.25) is 0 Å². The van der Waals surface area contributed by atoms with E-state index in [0.29, 0.717) is 26.3 Å². The lowest BCUT2D eigenvalue weighted by Gasteiger charge is -2.32. The summed E-state index contributed by atoms with van der Waals surface area (Å²) in [5.74, 6) is 1.74. The lowest BCUT2D eigenvalue weighted by molar-refractivity contribution is -0.0747. The molecule has 0 unspecified atom stereocenters. The zero-order valence-electron chi connectivity index (χ0n) is 16.4. The van der Waals surface area contributed by atoms with Crippen molar-refractivity contribution < 1.29 is 14.3 Å². The van der Waals surface area contributed by atoms with E-state index in [0.717, 1.165) is 47.8 Å². The average Bonchev–Trinajstić information content (AvgIpc) is 3.23. The van der Waals surface area contributed by atoms with Crippen LogP contribution in [0.2, 0.25) is 0 Å². The van der Waals surface area contributed by atoms with Gasteiger partial charge < -0.3 is 25.0 Å².